The maximum absolute atomic E-state index is 11.5. The summed E-state index contributed by atoms with van der Waals surface area (Å²) in [7, 11) is 0. The van der Waals surface area contributed by atoms with E-state index in [-0.39, 0.29) is 0 Å². The standard InChI is InChI=1S/C19H16BrN3O2S/c1-19(2,16(24)25)26-18-22-21-17(20)23(18)15-10-9-12(11-7-8-11)13-5-3-4-6-14(13)15/h3,5,9-11H,7-8H2,1-2H3,(H,24,25). The lowest BCUT2D eigenvalue weighted by Gasteiger charge is -2.19. The van der Waals surface area contributed by atoms with Gasteiger partial charge in [-0.2, -0.15) is 0 Å². The molecule has 1 fully saturated rings. The van der Waals surface area contributed by atoms with Gasteiger partial charge in [0.2, 0.25) is 4.73 Å². The van der Waals surface area contributed by atoms with Crippen molar-refractivity contribution < 1.29 is 9.90 Å². The van der Waals surface area contributed by atoms with E-state index in [2.05, 4.69) is 50.4 Å². The molecule has 0 aliphatic heterocycles. The van der Waals surface area contributed by atoms with Crippen LogP contribution >= 0.6 is 27.7 Å². The van der Waals surface area contributed by atoms with E-state index in [0.29, 0.717) is 15.8 Å². The molecule has 0 radical (unpaired) electrons. The van der Waals surface area contributed by atoms with Gasteiger partial charge in [0.15, 0.2) is 5.16 Å². The smallest absolute Gasteiger partial charge is 0.319 e. The normalized spacial score (nSPS) is 14.4. The average Bonchev–Trinajstić information content (AvgIpc) is 3.39. The van der Waals surface area contributed by atoms with Crippen LogP contribution in [0.2, 0.25) is 0 Å². The number of fused-ring (bicyclic) bond motifs is 1. The van der Waals surface area contributed by atoms with Gasteiger partial charge in [0.1, 0.15) is 4.75 Å². The lowest BCUT2D eigenvalue weighted by atomic mass is 10.0. The van der Waals surface area contributed by atoms with Crippen LogP contribution < -0.4 is 0 Å². The predicted molar refractivity (Wildman–Crippen MR) is 104 cm³/mol. The highest BCUT2D eigenvalue weighted by atomic mass is 79.9. The zero-order valence-corrected chi connectivity index (χ0v) is 16.7. The molecule has 1 aliphatic carbocycles. The fraction of sp³-hybridized carbons (Fsp3) is 0.316. The van der Waals surface area contributed by atoms with Gasteiger partial charge in [-0.15, -0.1) is 10.2 Å². The number of aromatic nitrogens is 3. The monoisotopic (exact) mass is 429 g/mol. The second-order valence-corrected chi connectivity index (χ2v) is 9.14. The van der Waals surface area contributed by atoms with Gasteiger partial charge in [-0.05, 0) is 77.7 Å². The second kappa shape index (κ2) is 6.29. The Hall–Kier alpha value is -2.04. The van der Waals surface area contributed by atoms with E-state index in [1.54, 1.807) is 13.8 Å². The Balaban J connectivity index is 1.88. The van der Waals surface area contributed by atoms with Crippen molar-refractivity contribution >= 4 is 44.4 Å². The van der Waals surface area contributed by atoms with Crippen LogP contribution in [-0.2, 0) is 4.79 Å². The van der Waals surface area contributed by atoms with Crippen molar-refractivity contribution in [1.82, 2.24) is 14.8 Å². The van der Waals surface area contributed by atoms with Gasteiger partial charge in [-0.25, -0.2) is 0 Å². The van der Waals surface area contributed by atoms with Crippen molar-refractivity contribution in [1.29, 1.82) is 0 Å². The predicted octanol–water partition coefficient (Wildman–Crippen LogP) is 4.62. The van der Waals surface area contributed by atoms with Crippen LogP contribution in [0.1, 0.15) is 38.2 Å². The van der Waals surface area contributed by atoms with Crippen LogP contribution in [0.5, 0.6) is 0 Å². The molecule has 0 bridgehead atoms. The molecule has 1 N–H and O–H groups in total. The topological polar surface area (TPSA) is 68.0 Å². The van der Waals surface area contributed by atoms with Crippen LogP contribution in [-0.4, -0.2) is 30.6 Å². The second-order valence-electron chi connectivity index (χ2n) is 6.84. The first-order valence-corrected chi connectivity index (χ1v) is 9.88. The number of thioether (sulfide) groups is 1. The fourth-order valence-corrected chi connectivity index (χ4v) is 4.36. The molecule has 1 saturated carbocycles. The third kappa shape index (κ3) is 2.97. The molecule has 1 aliphatic rings. The van der Waals surface area contributed by atoms with E-state index in [9.17, 15) is 9.90 Å². The molecule has 0 saturated heterocycles. The maximum Gasteiger partial charge on any atom is 0.319 e. The van der Waals surface area contributed by atoms with Crippen molar-refractivity contribution in [3.8, 4) is 5.69 Å². The number of carboxylic acids is 1. The first-order valence-electron chi connectivity index (χ1n) is 8.27. The molecule has 1 heterocycles. The SMILES string of the molecule is CC(C)(Sc1nnc(Br)n1-c1ccc(C2CC2)c2ccc#cc12)C(=O)O. The summed E-state index contributed by atoms with van der Waals surface area (Å²) in [5.74, 6) is -0.284. The molecule has 4 rings (SSSR count). The summed E-state index contributed by atoms with van der Waals surface area (Å²) >= 11 is 4.61. The van der Waals surface area contributed by atoms with Gasteiger partial charge in [0, 0.05) is 0 Å². The van der Waals surface area contributed by atoms with Crippen LogP contribution in [0, 0.1) is 12.1 Å². The number of aliphatic carboxylic acids is 1. The molecular formula is C19H16BrN3O2S. The van der Waals surface area contributed by atoms with Crippen molar-refractivity contribution in [2.45, 2.75) is 42.5 Å². The van der Waals surface area contributed by atoms with Gasteiger partial charge >= 0.3 is 5.97 Å². The Kier molecular flexibility index (Phi) is 4.20. The minimum absolute atomic E-state index is 0.516. The Labute approximate surface area is 163 Å². The fourth-order valence-electron chi connectivity index (χ4n) is 2.90. The summed E-state index contributed by atoms with van der Waals surface area (Å²) in [6, 6.07) is 14.4. The summed E-state index contributed by atoms with van der Waals surface area (Å²) < 4.78 is 1.33. The van der Waals surface area contributed by atoms with Crippen LogP contribution in [0.25, 0.3) is 16.5 Å². The van der Waals surface area contributed by atoms with Gasteiger partial charge in [0.25, 0.3) is 0 Å². The molecule has 1 aromatic heterocycles. The first-order chi connectivity index (χ1) is 12.4. The highest BCUT2D eigenvalue weighted by molar-refractivity contribution is 9.10. The number of nitrogens with zero attached hydrogens (tertiary/aromatic N) is 3. The van der Waals surface area contributed by atoms with E-state index in [4.69, 9.17) is 0 Å². The lowest BCUT2D eigenvalue weighted by Crippen LogP contribution is -2.27. The molecular weight excluding hydrogens is 414 g/mol. The van der Waals surface area contributed by atoms with E-state index in [0.717, 1.165) is 28.2 Å². The van der Waals surface area contributed by atoms with E-state index < -0.39 is 10.7 Å². The van der Waals surface area contributed by atoms with Crippen LogP contribution in [0.4, 0.5) is 0 Å². The van der Waals surface area contributed by atoms with Gasteiger partial charge in [-0.1, -0.05) is 30.0 Å². The van der Waals surface area contributed by atoms with Gasteiger partial charge in [-0.3, -0.25) is 9.36 Å². The number of hydrogen-bond acceptors (Lipinski definition) is 4. The summed E-state index contributed by atoms with van der Waals surface area (Å²) in [6.07, 6.45) is 2.44. The summed E-state index contributed by atoms with van der Waals surface area (Å²) in [5, 5.41) is 20.3. The highest BCUT2D eigenvalue weighted by Crippen LogP contribution is 2.44. The number of rotatable bonds is 5. The Morgan fingerprint density at radius 1 is 1.35 bits per heavy atom. The molecule has 0 atom stereocenters. The van der Waals surface area contributed by atoms with Gasteiger partial charge in [0.05, 0.1) is 11.1 Å². The van der Waals surface area contributed by atoms with E-state index in [1.165, 1.54) is 18.4 Å². The third-order valence-corrected chi connectivity index (χ3v) is 6.15. The molecule has 0 amide bonds. The van der Waals surface area contributed by atoms with E-state index >= 15 is 0 Å². The molecule has 0 spiro atoms. The molecule has 5 nitrogen and oxygen atoms in total. The Bertz CT molecular complexity index is 1010. The number of hydrogen-bond donors (Lipinski definition) is 1. The molecule has 26 heavy (non-hydrogen) atoms. The van der Waals surface area contributed by atoms with Gasteiger partial charge < -0.3 is 5.11 Å². The molecule has 3 aromatic rings. The molecule has 2 aromatic carbocycles. The number of halogens is 1. The summed E-state index contributed by atoms with van der Waals surface area (Å²) in [4.78, 5) is 11.5. The number of carboxylic acid groups (broad SMARTS) is 1. The van der Waals surface area contributed by atoms with E-state index in [1.807, 2.05) is 16.7 Å². The molecule has 132 valence electrons. The lowest BCUT2D eigenvalue weighted by molar-refractivity contribution is -0.138. The quantitative estimate of drug-likeness (QED) is 0.599. The number of carbonyl (C=O) groups is 1. The van der Waals surface area contributed by atoms with Crippen molar-refractivity contribution in [3.05, 3.63) is 46.7 Å². The maximum atomic E-state index is 11.5. The van der Waals surface area contributed by atoms with Crippen LogP contribution in [0.3, 0.4) is 0 Å². The Morgan fingerprint density at radius 2 is 2.12 bits per heavy atom. The minimum atomic E-state index is -1.02. The third-order valence-electron chi connectivity index (χ3n) is 4.50. The van der Waals surface area contributed by atoms with Crippen molar-refractivity contribution in [2.24, 2.45) is 0 Å². The first kappa shape index (κ1) is 17.4. The van der Waals surface area contributed by atoms with Crippen molar-refractivity contribution in [2.75, 3.05) is 0 Å². The highest BCUT2D eigenvalue weighted by Gasteiger charge is 2.32. The van der Waals surface area contributed by atoms with Crippen LogP contribution in [0.15, 0.2) is 34.2 Å². The zero-order valence-electron chi connectivity index (χ0n) is 14.3. The minimum Gasteiger partial charge on any atom is -0.480 e. The largest absolute Gasteiger partial charge is 0.480 e. The molecule has 7 heteroatoms. The summed E-state index contributed by atoms with van der Waals surface area (Å²) in [6.45, 7) is 3.31. The van der Waals surface area contributed by atoms with Crippen molar-refractivity contribution in [3.63, 3.8) is 0 Å². The zero-order chi connectivity index (χ0) is 18.5. The average molecular weight is 430 g/mol. The summed E-state index contributed by atoms with van der Waals surface area (Å²) in [5.41, 5.74) is 2.19. The Morgan fingerprint density at radius 3 is 2.81 bits per heavy atom. The number of benzene rings is 1. The molecule has 0 unspecified atom stereocenters.